The van der Waals surface area contributed by atoms with E-state index in [0.717, 1.165) is 33.7 Å². The van der Waals surface area contributed by atoms with Crippen molar-refractivity contribution < 1.29 is 4.39 Å². The van der Waals surface area contributed by atoms with Gasteiger partial charge in [-0.2, -0.15) is 0 Å². The molecule has 0 spiro atoms. The number of benzene rings is 2. The number of aryl methyl sites for hydroxylation is 2. The molecular weight excluding hydrogens is 402 g/mol. The van der Waals surface area contributed by atoms with Crippen LogP contribution in [0.3, 0.4) is 0 Å². The van der Waals surface area contributed by atoms with E-state index in [1.165, 1.54) is 6.07 Å². The van der Waals surface area contributed by atoms with E-state index >= 15 is 0 Å². The predicted molar refractivity (Wildman–Crippen MR) is 92.8 cm³/mol. The molecule has 3 aromatic rings. The second kappa shape index (κ2) is 5.57. The van der Waals surface area contributed by atoms with E-state index in [-0.39, 0.29) is 11.7 Å². The van der Waals surface area contributed by atoms with Crippen molar-refractivity contribution in [3.63, 3.8) is 0 Å². The average molecular weight is 415 g/mol. The maximum atomic E-state index is 14.0. The number of aromatic nitrogens is 2. The quantitative estimate of drug-likeness (QED) is 0.420. The molecule has 0 radical (unpaired) electrons. The summed E-state index contributed by atoms with van der Waals surface area (Å²) in [4.78, 5) is 4.54. The van der Waals surface area contributed by atoms with Crippen LogP contribution in [0, 0.1) is 23.2 Å². The molecule has 0 atom stereocenters. The van der Waals surface area contributed by atoms with Crippen molar-refractivity contribution in [3.05, 3.63) is 56.7 Å². The Morgan fingerprint density at radius 3 is 2.71 bits per heavy atom. The fraction of sp³-hybridized carbons (Fsp3) is 0.188. The summed E-state index contributed by atoms with van der Waals surface area (Å²) in [6.07, 6.45) is 0. The molecule has 2 nitrogen and oxygen atoms in total. The minimum atomic E-state index is -0.240. The van der Waals surface area contributed by atoms with Crippen molar-refractivity contribution in [1.29, 1.82) is 0 Å². The number of halogens is 3. The third-order valence-corrected chi connectivity index (χ3v) is 4.56. The molecule has 0 aliphatic carbocycles. The summed E-state index contributed by atoms with van der Waals surface area (Å²) in [6, 6.07) is 9.46. The minimum absolute atomic E-state index is 0.240. The lowest BCUT2D eigenvalue weighted by atomic mass is 10.1. The van der Waals surface area contributed by atoms with Gasteiger partial charge in [0.15, 0.2) is 0 Å². The Labute approximate surface area is 141 Å². The van der Waals surface area contributed by atoms with Gasteiger partial charge in [-0.25, -0.2) is 9.37 Å². The van der Waals surface area contributed by atoms with Crippen LogP contribution < -0.4 is 0 Å². The van der Waals surface area contributed by atoms with Crippen molar-refractivity contribution in [1.82, 2.24) is 9.55 Å². The summed E-state index contributed by atoms with van der Waals surface area (Å²) in [5.74, 6) is 0.762. The van der Waals surface area contributed by atoms with E-state index in [0.29, 0.717) is 3.57 Å². The summed E-state index contributed by atoms with van der Waals surface area (Å²) in [5, 5.41) is 0. The van der Waals surface area contributed by atoms with Gasteiger partial charge in [0.1, 0.15) is 11.6 Å². The predicted octanol–water partition coefficient (Wildman–Crippen LogP) is 5.12. The molecule has 0 aliphatic heterocycles. The Kier molecular flexibility index (Phi) is 3.92. The molecule has 0 fully saturated rings. The van der Waals surface area contributed by atoms with Crippen LogP contribution in [0.1, 0.15) is 17.0 Å². The third kappa shape index (κ3) is 2.55. The fourth-order valence-corrected chi connectivity index (χ4v) is 3.07. The number of imidazole rings is 1. The molecule has 21 heavy (non-hydrogen) atoms. The van der Waals surface area contributed by atoms with Crippen molar-refractivity contribution in [2.75, 3.05) is 0 Å². The lowest BCUT2D eigenvalue weighted by Gasteiger charge is -2.12. The van der Waals surface area contributed by atoms with Crippen LogP contribution in [0.5, 0.6) is 0 Å². The van der Waals surface area contributed by atoms with E-state index in [9.17, 15) is 4.39 Å². The summed E-state index contributed by atoms with van der Waals surface area (Å²) in [6.45, 7) is 4.06. The van der Waals surface area contributed by atoms with Crippen molar-refractivity contribution in [2.45, 2.75) is 19.7 Å². The van der Waals surface area contributed by atoms with Gasteiger partial charge in [-0.05, 0) is 59.7 Å². The van der Waals surface area contributed by atoms with Crippen LogP contribution in [-0.4, -0.2) is 9.55 Å². The first kappa shape index (κ1) is 14.8. The largest absolute Gasteiger partial charge is 0.295 e. The molecule has 1 aromatic heterocycles. The molecule has 0 unspecified atom stereocenters. The molecular formula is C16H13ClFIN2. The van der Waals surface area contributed by atoms with Crippen LogP contribution in [0.25, 0.3) is 16.7 Å². The summed E-state index contributed by atoms with van der Waals surface area (Å²) in [5.41, 5.74) is 4.75. The molecule has 5 heteroatoms. The van der Waals surface area contributed by atoms with Gasteiger partial charge >= 0.3 is 0 Å². The second-order valence-electron chi connectivity index (χ2n) is 5.04. The van der Waals surface area contributed by atoms with Gasteiger partial charge < -0.3 is 0 Å². The lowest BCUT2D eigenvalue weighted by molar-refractivity contribution is 0.621. The molecule has 0 N–H and O–H groups in total. The molecule has 0 saturated carbocycles. The van der Waals surface area contributed by atoms with E-state index in [1.807, 2.05) is 41.0 Å². The van der Waals surface area contributed by atoms with Gasteiger partial charge in [-0.1, -0.05) is 12.1 Å². The van der Waals surface area contributed by atoms with Crippen molar-refractivity contribution in [2.24, 2.45) is 0 Å². The van der Waals surface area contributed by atoms with Gasteiger partial charge in [0.2, 0.25) is 0 Å². The Morgan fingerprint density at radius 2 is 2.00 bits per heavy atom. The topological polar surface area (TPSA) is 17.8 Å². The van der Waals surface area contributed by atoms with Crippen LogP contribution in [0.2, 0.25) is 0 Å². The maximum Gasteiger partial charge on any atom is 0.138 e. The molecule has 0 aliphatic rings. The minimum Gasteiger partial charge on any atom is -0.295 e. The maximum absolute atomic E-state index is 14.0. The smallest absolute Gasteiger partial charge is 0.138 e. The molecule has 0 bridgehead atoms. The number of hydrogen-bond donors (Lipinski definition) is 0. The van der Waals surface area contributed by atoms with E-state index in [1.54, 1.807) is 6.07 Å². The molecule has 0 saturated heterocycles. The van der Waals surface area contributed by atoms with Gasteiger partial charge in [0.05, 0.1) is 26.2 Å². The van der Waals surface area contributed by atoms with Crippen LogP contribution >= 0.6 is 34.2 Å². The Morgan fingerprint density at radius 1 is 1.24 bits per heavy atom. The molecule has 0 amide bonds. The number of nitrogens with zero attached hydrogens (tertiary/aromatic N) is 2. The van der Waals surface area contributed by atoms with Gasteiger partial charge in [0, 0.05) is 6.07 Å². The van der Waals surface area contributed by atoms with Crippen molar-refractivity contribution in [3.8, 4) is 5.69 Å². The van der Waals surface area contributed by atoms with E-state index in [2.05, 4.69) is 23.2 Å². The zero-order valence-electron chi connectivity index (χ0n) is 11.6. The Balaban J connectivity index is 2.40. The normalized spacial score (nSPS) is 11.3. The van der Waals surface area contributed by atoms with E-state index < -0.39 is 0 Å². The number of rotatable bonds is 2. The Hall–Kier alpha value is -1.14. The molecule has 3 rings (SSSR count). The van der Waals surface area contributed by atoms with Gasteiger partial charge in [0.25, 0.3) is 0 Å². The SMILES string of the molecule is Cc1ccc(C)c(-n2c(CCl)nc3cc(I)c(F)cc32)c1. The van der Waals surface area contributed by atoms with Crippen LogP contribution in [0.4, 0.5) is 4.39 Å². The monoisotopic (exact) mass is 414 g/mol. The summed E-state index contributed by atoms with van der Waals surface area (Å²) in [7, 11) is 0. The first-order valence-electron chi connectivity index (χ1n) is 6.51. The van der Waals surface area contributed by atoms with Crippen LogP contribution in [0.15, 0.2) is 30.3 Å². The average Bonchev–Trinajstić information content (AvgIpc) is 2.79. The Bertz CT molecular complexity index is 842. The number of hydrogen-bond acceptors (Lipinski definition) is 1. The standard InChI is InChI=1S/C16H13ClFIN2/c1-9-3-4-10(2)14(5-9)21-15-6-11(18)12(19)7-13(15)20-16(21)8-17/h3-7H,8H2,1-2H3. The van der Waals surface area contributed by atoms with Crippen molar-refractivity contribution >= 4 is 45.2 Å². The summed E-state index contributed by atoms with van der Waals surface area (Å²) >= 11 is 8.02. The number of fused-ring (bicyclic) bond motifs is 1. The molecule has 1 heterocycles. The first-order chi connectivity index (χ1) is 10.0. The highest BCUT2D eigenvalue weighted by atomic mass is 127. The molecule has 2 aromatic carbocycles. The third-order valence-electron chi connectivity index (χ3n) is 3.49. The highest BCUT2D eigenvalue weighted by Gasteiger charge is 2.15. The van der Waals surface area contributed by atoms with Gasteiger partial charge in [-0.3, -0.25) is 4.57 Å². The molecule has 108 valence electrons. The zero-order chi connectivity index (χ0) is 15.1. The van der Waals surface area contributed by atoms with E-state index in [4.69, 9.17) is 11.6 Å². The first-order valence-corrected chi connectivity index (χ1v) is 8.12. The lowest BCUT2D eigenvalue weighted by Crippen LogP contribution is -2.02. The number of alkyl halides is 1. The fourth-order valence-electron chi connectivity index (χ4n) is 2.44. The highest BCUT2D eigenvalue weighted by molar-refractivity contribution is 14.1. The van der Waals surface area contributed by atoms with Crippen LogP contribution in [-0.2, 0) is 5.88 Å². The summed E-state index contributed by atoms with van der Waals surface area (Å²) < 4.78 is 16.5. The second-order valence-corrected chi connectivity index (χ2v) is 6.47. The highest BCUT2D eigenvalue weighted by Crippen LogP contribution is 2.28. The zero-order valence-corrected chi connectivity index (χ0v) is 14.5. The van der Waals surface area contributed by atoms with Gasteiger partial charge in [-0.15, -0.1) is 11.6 Å².